The highest BCUT2D eigenvalue weighted by Crippen LogP contribution is 2.27. The fourth-order valence-electron chi connectivity index (χ4n) is 2.37. The minimum atomic E-state index is 0.167. The van der Waals surface area contributed by atoms with E-state index >= 15 is 0 Å². The lowest BCUT2D eigenvalue weighted by Gasteiger charge is -2.07. The van der Waals surface area contributed by atoms with Gasteiger partial charge in [0.15, 0.2) is 0 Å². The van der Waals surface area contributed by atoms with Gasteiger partial charge in [0.25, 0.3) is 0 Å². The number of ketones is 1. The zero-order chi connectivity index (χ0) is 18.0. The number of Topliss-reactive ketones (excluding diaryl/α,β-unsaturated/α-hetero) is 1. The van der Waals surface area contributed by atoms with Gasteiger partial charge in [0.05, 0.1) is 0 Å². The third-order valence-corrected chi connectivity index (χ3v) is 3.64. The monoisotopic (exact) mass is 325 g/mol. The maximum atomic E-state index is 10.2. The second kappa shape index (κ2) is 6.83. The summed E-state index contributed by atoms with van der Waals surface area (Å²) in [6.07, 6.45) is 0. The number of phenolic OH excluding ortho intramolecular Hbond substituents is 1. The Bertz CT molecular complexity index is 868. The fourth-order valence-corrected chi connectivity index (χ4v) is 2.37. The molecule has 3 aromatic rings. The van der Waals surface area contributed by atoms with Crippen LogP contribution in [0.4, 0.5) is 0 Å². The lowest BCUT2D eigenvalue weighted by molar-refractivity contribution is -0.114. The summed E-state index contributed by atoms with van der Waals surface area (Å²) in [7, 11) is 0. The number of phenols is 1. The first-order chi connectivity index (χ1) is 11.2. The van der Waals surface area contributed by atoms with Crippen LogP contribution >= 0.6 is 0 Å². The van der Waals surface area contributed by atoms with Crippen molar-refractivity contribution in [3.05, 3.63) is 46.5 Å². The Morgan fingerprint density at radius 1 is 0.875 bits per heavy atom. The highest BCUT2D eigenvalue weighted by Gasteiger charge is 2.12. The first kappa shape index (κ1) is 17.7. The van der Waals surface area contributed by atoms with E-state index in [-0.39, 0.29) is 11.5 Å². The molecule has 126 valence electrons. The van der Waals surface area contributed by atoms with Crippen molar-refractivity contribution in [3.63, 3.8) is 0 Å². The number of rotatable bonds is 1. The molecule has 0 saturated heterocycles. The van der Waals surface area contributed by atoms with Crippen molar-refractivity contribution in [3.8, 4) is 11.4 Å². The maximum Gasteiger partial charge on any atom is 0.146 e. The summed E-state index contributed by atoms with van der Waals surface area (Å²) in [4.78, 5) is 11.0. The lowest BCUT2D eigenvalue weighted by atomic mass is 10.1. The Morgan fingerprint density at radius 3 is 1.79 bits per heavy atom. The topological polar surface area (TPSA) is 68.0 Å². The lowest BCUT2D eigenvalue weighted by Crippen LogP contribution is -2.00. The van der Waals surface area contributed by atoms with Crippen molar-refractivity contribution in [2.24, 2.45) is 0 Å². The Hall–Kier alpha value is -2.69. The third kappa shape index (κ3) is 3.79. The number of hydrogen-bond donors (Lipinski definition) is 1. The summed E-state index contributed by atoms with van der Waals surface area (Å²) in [5, 5.41) is 19.2. The van der Waals surface area contributed by atoms with Gasteiger partial charge < -0.3 is 9.90 Å². The van der Waals surface area contributed by atoms with Crippen LogP contribution < -0.4 is 0 Å². The molecule has 24 heavy (non-hydrogen) atoms. The summed E-state index contributed by atoms with van der Waals surface area (Å²) in [6, 6.07) is 7.87. The van der Waals surface area contributed by atoms with Gasteiger partial charge in [-0.1, -0.05) is 6.07 Å². The molecule has 0 aliphatic rings. The Balaban J connectivity index is 0.000000471. The average Bonchev–Trinajstić information content (AvgIpc) is 2.85. The van der Waals surface area contributed by atoms with Crippen molar-refractivity contribution in [1.29, 1.82) is 0 Å². The maximum absolute atomic E-state index is 10.2. The number of benzene rings is 2. The number of aromatic nitrogens is 3. The minimum absolute atomic E-state index is 0.167. The first-order valence-electron chi connectivity index (χ1n) is 7.81. The van der Waals surface area contributed by atoms with Crippen LogP contribution in [0.15, 0.2) is 24.3 Å². The zero-order valence-electron chi connectivity index (χ0n) is 15.0. The van der Waals surface area contributed by atoms with E-state index in [1.54, 1.807) is 0 Å². The quantitative estimate of drug-likeness (QED) is 0.735. The van der Waals surface area contributed by atoms with Gasteiger partial charge in [-0.05, 0) is 82.0 Å². The highest BCUT2D eigenvalue weighted by molar-refractivity contribution is 5.76. The molecule has 0 amide bonds. The molecule has 0 radical (unpaired) electrons. The van der Waals surface area contributed by atoms with E-state index in [1.807, 2.05) is 38.1 Å². The molecule has 0 aliphatic heterocycles. The Morgan fingerprint density at radius 2 is 1.33 bits per heavy atom. The van der Waals surface area contributed by atoms with E-state index in [2.05, 4.69) is 24.0 Å². The van der Waals surface area contributed by atoms with Gasteiger partial charge in [0.1, 0.15) is 28.3 Å². The molecule has 0 fully saturated rings. The molecule has 5 nitrogen and oxygen atoms in total. The molecular weight excluding hydrogens is 302 g/mol. The molecule has 1 heterocycles. The summed E-state index contributed by atoms with van der Waals surface area (Å²) < 4.78 is 0. The Labute approximate surface area is 141 Å². The second-order valence-electron chi connectivity index (χ2n) is 6.27. The van der Waals surface area contributed by atoms with E-state index in [9.17, 15) is 9.90 Å². The predicted molar refractivity (Wildman–Crippen MR) is 95.8 cm³/mol. The molecule has 5 heteroatoms. The largest absolute Gasteiger partial charge is 0.505 e. The average molecular weight is 325 g/mol. The SMILES string of the molecule is CC(C)=O.Cc1cc(C)c(O)c(-n2nc3cc(C)c(C)cc3n2)c1. The van der Waals surface area contributed by atoms with E-state index in [0.29, 0.717) is 5.69 Å². The number of nitrogens with zero attached hydrogens (tertiary/aromatic N) is 3. The zero-order valence-corrected chi connectivity index (χ0v) is 15.0. The summed E-state index contributed by atoms with van der Waals surface area (Å²) >= 11 is 0. The normalized spacial score (nSPS) is 10.4. The van der Waals surface area contributed by atoms with Crippen LogP contribution in [-0.4, -0.2) is 25.9 Å². The van der Waals surface area contributed by atoms with Gasteiger partial charge in [-0.25, -0.2) is 0 Å². The summed E-state index contributed by atoms with van der Waals surface area (Å²) in [5.74, 6) is 0.393. The smallest absolute Gasteiger partial charge is 0.146 e. The van der Waals surface area contributed by atoms with Crippen molar-refractivity contribution in [2.75, 3.05) is 0 Å². The van der Waals surface area contributed by atoms with Crippen molar-refractivity contribution in [2.45, 2.75) is 41.5 Å². The van der Waals surface area contributed by atoms with Crippen molar-refractivity contribution >= 4 is 16.8 Å². The second-order valence-corrected chi connectivity index (χ2v) is 6.27. The standard InChI is InChI=1S/C16H17N3O.C3H6O/c1-9-5-12(4)16(20)15(6-9)19-17-13-7-10(2)11(3)8-14(13)18-19;1-3(2)4/h5-8,20H,1-4H3;1-2H3. The molecule has 0 spiro atoms. The predicted octanol–water partition coefficient (Wildman–Crippen LogP) is 3.96. The summed E-state index contributed by atoms with van der Waals surface area (Å²) in [6.45, 7) is 11.0. The molecule has 0 atom stereocenters. The molecular formula is C19H23N3O2. The van der Waals surface area contributed by atoms with Crippen molar-refractivity contribution < 1.29 is 9.90 Å². The van der Waals surface area contributed by atoms with Crippen LogP contribution in [0, 0.1) is 27.7 Å². The number of carbonyl (C=O) groups is 1. The van der Waals surface area contributed by atoms with Gasteiger partial charge in [0, 0.05) is 0 Å². The highest BCUT2D eigenvalue weighted by atomic mass is 16.3. The van der Waals surface area contributed by atoms with E-state index in [4.69, 9.17) is 0 Å². The number of carbonyl (C=O) groups excluding carboxylic acids is 1. The number of aromatic hydroxyl groups is 1. The molecule has 1 N–H and O–H groups in total. The minimum Gasteiger partial charge on any atom is -0.505 e. The molecule has 0 aliphatic carbocycles. The van der Waals surface area contributed by atoms with E-state index < -0.39 is 0 Å². The fraction of sp³-hybridized carbons (Fsp3) is 0.316. The van der Waals surface area contributed by atoms with Crippen LogP contribution in [0.3, 0.4) is 0 Å². The summed E-state index contributed by atoms with van der Waals surface area (Å²) in [5.41, 5.74) is 6.58. The van der Waals surface area contributed by atoms with Crippen LogP contribution in [0.25, 0.3) is 16.7 Å². The van der Waals surface area contributed by atoms with E-state index in [0.717, 1.165) is 22.2 Å². The van der Waals surface area contributed by atoms with Gasteiger partial charge in [0.2, 0.25) is 0 Å². The van der Waals surface area contributed by atoms with Crippen LogP contribution in [0.5, 0.6) is 5.75 Å². The van der Waals surface area contributed by atoms with Gasteiger partial charge in [-0.3, -0.25) is 0 Å². The molecule has 0 bridgehead atoms. The first-order valence-corrected chi connectivity index (χ1v) is 7.81. The molecule has 3 rings (SSSR count). The van der Waals surface area contributed by atoms with E-state index in [1.165, 1.54) is 29.8 Å². The number of fused-ring (bicyclic) bond motifs is 1. The molecule has 1 aromatic heterocycles. The van der Waals surface area contributed by atoms with Crippen LogP contribution in [0.2, 0.25) is 0 Å². The Kier molecular flexibility index (Phi) is 5.02. The van der Waals surface area contributed by atoms with Crippen LogP contribution in [-0.2, 0) is 4.79 Å². The number of hydrogen-bond acceptors (Lipinski definition) is 4. The van der Waals surface area contributed by atoms with Crippen molar-refractivity contribution in [1.82, 2.24) is 15.0 Å². The molecule has 2 aromatic carbocycles. The van der Waals surface area contributed by atoms with Gasteiger partial charge >= 0.3 is 0 Å². The van der Waals surface area contributed by atoms with Gasteiger partial charge in [-0.2, -0.15) is 0 Å². The molecule has 0 unspecified atom stereocenters. The van der Waals surface area contributed by atoms with Crippen LogP contribution in [0.1, 0.15) is 36.1 Å². The van der Waals surface area contributed by atoms with Gasteiger partial charge in [-0.15, -0.1) is 15.0 Å². The third-order valence-electron chi connectivity index (χ3n) is 3.64. The molecule has 0 saturated carbocycles. The number of aryl methyl sites for hydroxylation is 4.